The number of fused-ring (bicyclic) bond motifs is 1. The molecule has 1 aromatic carbocycles. The first-order chi connectivity index (χ1) is 9.79. The van der Waals surface area contributed by atoms with Crippen molar-refractivity contribution in [1.29, 1.82) is 0 Å². The molecule has 0 saturated heterocycles. The topological polar surface area (TPSA) is 48.6 Å². The molecule has 1 aromatic heterocycles. The summed E-state index contributed by atoms with van der Waals surface area (Å²) in [6.45, 7) is 7.53. The van der Waals surface area contributed by atoms with Crippen LogP contribution in [0.1, 0.15) is 12.0 Å². The highest BCUT2D eigenvalue weighted by Gasteiger charge is 2.24. The van der Waals surface area contributed by atoms with Gasteiger partial charge in [-0.1, -0.05) is 0 Å². The highest BCUT2D eigenvalue weighted by atomic mass is 19.1. The molecule has 0 radical (unpaired) electrons. The zero-order valence-electron chi connectivity index (χ0n) is 10.5. The molecule has 0 fully saturated rings. The van der Waals surface area contributed by atoms with Crippen LogP contribution in [0.2, 0.25) is 0 Å². The maximum atomic E-state index is 13.9. The fourth-order valence-corrected chi connectivity index (χ4v) is 2.10. The van der Waals surface area contributed by atoms with Gasteiger partial charge in [-0.25, -0.2) is 9.24 Å². The summed E-state index contributed by atoms with van der Waals surface area (Å²) in [7, 11) is 0. The minimum Gasteiger partial charge on any atom is -0.504 e. The molecule has 5 nitrogen and oxygen atoms in total. The van der Waals surface area contributed by atoms with Crippen LogP contribution < -0.4 is 9.47 Å². The molecule has 0 unspecified atom stereocenters. The SMILES string of the molecule is [C-]#[N+]c1c(F)cc(Oc2cccnn2)c2c1OCCC2. The zero-order chi connectivity index (χ0) is 13.9. The average Bonchev–Trinajstić information content (AvgIpc) is 2.49. The van der Waals surface area contributed by atoms with Crippen molar-refractivity contribution in [3.05, 3.63) is 47.2 Å². The highest BCUT2D eigenvalue weighted by Crippen LogP contribution is 2.43. The summed E-state index contributed by atoms with van der Waals surface area (Å²) in [5.74, 6) is 0.227. The van der Waals surface area contributed by atoms with Gasteiger partial charge in [-0.15, -0.1) is 5.10 Å². The molecule has 3 rings (SSSR count). The van der Waals surface area contributed by atoms with Gasteiger partial charge in [-0.05, 0) is 18.9 Å². The number of nitrogens with zero attached hydrogens (tertiary/aromatic N) is 3. The zero-order valence-corrected chi connectivity index (χ0v) is 10.5. The van der Waals surface area contributed by atoms with E-state index in [2.05, 4.69) is 15.0 Å². The van der Waals surface area contributed by atoms with Crippen molar-refractivity contribution in [3.63, 3.8) is 0 Å². The molecule has 0 spiro atoms. The lowest BCUT2D eigenvalue weighted by Crippen LogP contribution is -2.10. The van der Waals surface area contributed by atoms with Crippen LogP contribution in [0, 0.1) is 12.4 Å². The first-order valence-corrected chi connectivity index (χ1v) is 6.11. The van der Waals surface area contributed by atoms with Crippen LogP contribution in [0.5, 0.6) is 17.4 Å². The third-order valence-electron chi connectivity index (χ3n) is 2.96. The molecule has 1 aliphatic heterocycles. The summed E-state index contributed by atoms with van der Waals surface area (Å²) in [5, 5.41) is 7.50. The van der Waals surface area contributed by atoms with E-state index in [9.17, 15) is 4.39 Å². The summed E-state index contributed by atoms with van der Waals surface area (Å²) < 4.78 is 24.9. The molecule has 0 N–H and O–H groups in total. The minimum absolute atomic E-state index is 0.0915. The van der Waals surface area contributed by atoms with Crippen LogP contribution in [-0.4, -0.2) is 16.8 Å². The third kappa shape index (κ3) is 2.14. The van der Waals surface area contributed by atoms with Crippen molar-refractivity contribution < 1.29 is 13.9 Å². The molecule has 1 aliphatic rings. The summed E-state index contributed by atoms with van der Waals surface area (Å²) in [6, 6.07) is 4.51. The van der Waals surface area contributed by atoms with E-state index in [1.54, 1.807) is 12.1 Å². The van der Waals surface area contributed by atoms with Gasteiger partial charge in [0, 0.05) is 23.9 Å². The summed E-state index contributed by atoms with van der Waals surface area (Å²) in [4.78, 5) is 3.20. The molecular weight excluding hydrogens is 261 g/mol. The van der Waals surface area contributed by atoms with Crippen LogP contribution in [0.4, 0.5) is 10.1 Å². The summed E-state index contributed by atoms with van der Waals surface area (Å²) >= 11 is 0. The number of hydrogen-bond acceptors (Lipinski definition) is 4. The monoisotopic (exact) mass is 271 g/mol. The van der Waals surface area contributed by atoms with E-state index in [-0.39, 0.29) is 17.3 Å². The fourth-order valence-electron chi connectivity index (χ4n) is 2.10. The van der Waals surface area contributed by atoms with E-state index in [4.69, 9.17) is 16.0 Å². The quantitative estimate of drug-likeness (QED) is 0.786. The molecule has 0 amide bonds. The van der Waals surface area contributed by atoms with Gasteiger partial charge in [0.25, 0.3) is 5.69 Å². The predicted molar refractivity (Wildman–Crippen MR) is 68.6 cm³/mol. The van der Waals surface area contributed by atoms with Crippen LogP contribution in [0.3, 0.4) is 0 Å². The van der Waals surface area contributed by atoms with Gasteiger partial charge >= 0.3 is 0 Å². The van der Waals surface area contributed by atoms with Crippen molar-refractivity contribution in [2.75, 3.05) is 6.61 Å². The Hall–Kier alpha value is -2.68. The molecule has 6 heteroatoms. The first-order valence-electron chi connectivity index (χ1n) is 6.11. The van der Waals surface area contributed by atoms with Gasteiger partial charge in [0.05, 0.1) is 13.2 Å². The van der Waals surface area contributed by atoms with E-state index in [0.717, 1.165) is 6.42 Å². The first kappa shape index (κ1) is 12.4. The predicted octanol–water partition coefficient (Wildman–Crippen LogP) is 3.28. The second-order valence-corrected chi connectivity index (χ2v) is 4.24. The van der Waals surface area contributed by atoms with Crippen molar-refractivity contribution >= 4 is 5.69 Å². The Labute approximate surface area is 114 Å². The molecule has 100 valence electrons. The average molecular weight is 271 g/mol. The number of benzene rings is 1. The van der Waals surface area contributed by atoms with Crippen LogP contribution in [-0.2, 0) is 6.42 Å². The molecule has 0 atom stereocenters. The lowest BCUT2D eigenvalue weighted by molar-refractivity contribution is 0.284. The lowest BCUT2D eigenvalue weighted by atomic mass is 10.0. The van der Waals surface area contributed by atoms with Crippen LogP contribution in [0.15, 0.2) is 24.4 Å². The van der Waals surface area contributed by atoms with E-state index < -0.39 is 5.82 Å². The Balaban J connectivity index is 2.08. The van der Waals surface area contributed by atoms with Gasteiger partial charge < -0.3 is 9.47 Å². The maximum Gasteiger partial charge on any atom is 0.263 e. The lowest BCUT2D eigenvalue weighted by Gasteiger charge is -2.21. The minimum atomic E-state index is -0.653. The summed E-state index contributed by atoms with van der Waals surface area (Å²) in [6.07, 6.45) is 2.99. The van der Waals surface area contributed by atoms with E-state index in [1.165, 1.54) is 12.3 Å². The molecule has 0 aliphatic carbocycles. The maximum absolute atomic E-state index is 13.9. The van der Waals surface area contributed by atoms with Crippen molar-refractivity contribution in [2.24, 2.45) is 0 Å². The number of rotatable bonds is 2. The van der Waals surface area contributed by atoms with Gasteiger partial charge in [0.15, 0.2) is 0 Å². The smallest absolute Gasteiger partial charge is 0.263 e. The molecule has 2 heterocycles. The molecular formula is C14H10FN3O2. The van der Waals surface area contributed by atoms with Crippen molar-refractivity contribution in [3.8, 4) is 17.4 Å². The Morgan fingerprint density at radius 2 is 2.35 bits per heavy atom. The Kier molecular flexibility index (Phi) is 3.17. The number of hydrogen-bond donors (Lipinski definition) is 0. The second-order valence-electron chi connectivity index (χ2n) is 4.24. The summed E-state index contributed by atoms with van der Waals surface area (Å²) in [5.41, 5.74) is 0.612. The van der Waals surface area contributed by atoms with Crippen molar-refractivity contribution in [1.82, 2.24) is 10.2 Å². The van der Waals surface area contributed by atoms with Crippen LogP contribution >= 0.6 is 0 Å². The van der Waals surface area contributed by atoms with E-state index >= 15 is 0 Å². The highest BCUT2D eigenvalue weighted by molar-refractivity contribution is 5.66. The largest absolute Gasteiger partial charge is 0.504 e. The van der Waals surface area contributed by atoms with Gasteiger partial charge in [-0.2, -0.15) is 5.10 Å². The van der Waals surface area contributed by atoms with Crippen LogP contribution in [0.25, 0.3) is 4.85 Å². The molecule has 20 heavy (non-hydrogen) atoms. The number of aromatic nitrogens is 2. The molecule has 0 saturated carbocycles. The van der Waals surface area contributed by atoms with Gasteiger partial charge in [-0.3, -0.25) is 0 Å². The third-order valence-corrected chi connectivity index (χ3v) is 2.96. The normalized spacial score (nSPS) is 13.0. The van der Waals surface area contributed by atoms with Gasteiger partial charge in [0.2, 0.25) is 5.88 Å². The molecule has 2 aromatic rings. The fraction of sp³-hybridized carbons (Fsp3) is 0.214. The van der Waals surface area contributed by atoms with E-state index in [0.29, 0.717) is 24.3 Å². The van der Waals surface area contributed by atoms with E-state index in [1.807, 2.05) is 0 Å². The Morgan fingerprint density at radius 3 is 3.10 bits per heavy atom. The Bertz CT molecular complexity index is 683. The second kappa shape index (κ2) is 5.13. The van der Waals surface area contributed by atoms with Gasteiger partial charge in [0.1, 0.15) is 17.3 Å². The Morgan fingerprint density at radius 1 is 1.45 bits per heavy atom. The number of ether oxygens (including phenoxy) is 2. The standard InChI is InChI=1S/C14H10FN3O2/c1-16-13-10(15)8-11(9-4-3-7-19-14(9)13)20-12-5-2-6-17-18-12/h2,5-6,8H,3-4,7H2. The molecule has 0 bridgehead atoms. The van der Waals surface area contributed by atoms with Crippen molar-refractivity contribution in [2.45, 2.75) is 12.8 Å². The number of halogens is 1.